The minimum absolute atomic E-state index is 1.03. The van der Waals surface area contributed by atoms with Gasteiger partial charge in [0.2, 0.25) is 0 Å². The van der Waals surface area contributed by atoms with Gasteiger partial charge in [-0.3, -0.25) is 4.57 Å². The van der Waals surface area contributed by atoms with E-state index in [4.69, 9.17) is 4.98 Å². The molecule has 0 atom stereocenters. The van der Waals surface area contributed by atoms with Gasteiger partial charge in [0.1, 0.15) is 5.82 Å². The summed E-state index contributed by atoms with van der Waals surface area (Å²) in [6.07, 6.45) is 4.51. The molecule has 0 unspecified atom stereocenters. The van der Waals surface area contributed by atoms with Gasteiger partial charge >= 0.3 is 0 Å². The van der Waals surface area contributed by atoms with Crippen LogP contribution < -0.4 is 0 Å². The zero-order valence-electron chi connectivity index (χ0n) is 14.7. The minimum Gasteiger partial charge on any atom is -0.292 e. The fraction of sp³-hybridized carbons (Fsp3) is 0.174. The van der Waals surface area contributed by atoms with Crippen molar-refractivity contribution in [3.05, 3.63) is 78.6 Å². The second-order valence-electron chi connectivity index (χ2n) is 6.43. The monoisotopic (exact) mass is 326 g/mol. The van der Waals surface area contributed by atoms with E-state index in [1.54, 1.807) is 0 Å². The third-order valence-electron chi connectivity index (χ3n) is 4.66. The van der Waals surface area contributed by atoms with Crippen molar-refractivity contribution in [3.63, 3.8) is 0 Å². The maximum Gasteiger partial charge on any atom is 0.141 e. The Balaban J connectivity index is 2.06. The van der Waals surface area contributed by atoms with Gasteiger partial charge in [-0.25, -0.2) is 4.98 Å². The molecule has 0 saturated heterocycles. The number of nitrogens with zero attached hydrogens (tertiary/aromatic N) is 2. The molecule has 0 radical (unpaired) electrons. The molecule has 0 amide bonds. The number of imidazole rings is 1. The molecule has 2 nitrogen and oxygen atoms in total. The standard InChI is InChI=1S/C23H22N2/c1-3-4-10-17(2)23-24-20-14-7-8-15-22(20)25(23)21-16-9-12-18-11-5-6-13-19(18)21/h5-16H,3-4H2,1-2H3/b17-10+. The summed E-state index contributed by atoms with van der Waals surface area (Å²) in [6.45, 7) is 4.37. The summed E-state index contributed by atoms with van der Waals surface area (Å²) in [5.74, 6) is 1.03. The number of rotatable bonds is 4. The third-order valence-corrected chi connectivity index (χ3v) is 4.66. The Bertz CT molecular complexity index is 1060. The lowest BCUT2D eigenvalue weighted by molar-refractivity contribution is 0.954. The van der Waals surface area contributed by atoms with Crippen LogP contribution in [0.4, 0.5) is 0 Å². The second-order valence-corrected chi connectivity index (χ2v) is 6.43. The van der Waals surface area contributed by atoms with E-state index < -0.39 is 0 Å². The van der Waals surface area contributed by atoms with E-state index in [1.165, 1.54) is 22.0 Å². The third kappa shape index (κ3) is 2.74. The van der Waals surface area contributed by atoms with Gasteiger partial charge in [0, 0.05) is 5.39 Å². The number of fused-ring (bicyclic) bond motifs is 2. The number of unbranched alkanes of at least 4 members (excludes halogenated alkanes) is 1. The molecule has 0 aliphatic heterocycles. The number of allylic oxidation sites excluding steroid dienone is 2. The van der Waals surface area contributed by atoms with E-state index in [2.05, 4.69) is 91.2 Å². The van der Waals surface area contributed by atoms with Crippen molar-refractivity contribution in [3.8, 4) is 5.69 Å². The highest BCUT2D eigenvalue weighted by atomic mass is 15.1. The van der Waals surface area contributed by atoms with Crippen LogP contribution in [0, 0.1) is 0 Å². The number of para-hydroxylation sites is 2. The van der Waals surface area contributed by atoms with E-state index >= 15 is 0 Å². The Hall–Kier alpha value is -2.87. The fourth-order valence-electron chi connectivity index (χ4n) is 3.39. The average Bonchev–Trinajstić information content (AvgIpc) is 3.05. The van der Waals surface area contributed by atoms with Gasteiger partial charge in [0.25, 0.3) is 0 Å². The first-order valence-corrected chi connectivity index (χ1v) is 8.92. The Morgan fingerprint density at radius 2 is 1.72 bits per heavy atom. The first kappa shape index (κ1) is 15.6. The molecule has 0 saturated carbocycles. The predicted octanol–water partition coefficient (Wildman–Crippen LogP) is 6.38. The molecule has 0 spiro atoms. The molecular weight excluding hydrogens is 304 g/mol. The van der Waals surface area contributed by atoms with Gasteiger partial charge in [-0.05, 0) is 42.5 Å². The first-order chi connectivity index (χ1) is 12.3. The van der Waals surface area contributed by atoms with Crippen molar-refractivity contribution >= 4 is 27.4 Å². The summed E-state index contributed by atoms with van der Waals surface area (Å²) >= 11 is 0. The number of hydrogen-bond donors (Lipinski definition) is 0. The lowest BCUT2D eigenvalue weighted by atomic mass is 10.1. The largest absolute Gasteiger partial charge is 0.292 e. The van der Waals surface area contributed by atoms with Crippen molar-refractivity contribution in [1.82, 2.24) is 9.55 Å². The van der Waals surface area contributed by atoms with Crippen LogP contribution in [0.5, 0.6) is 0 Å². The van der Waals surface area contributed by atoms with Crippen LogP contribution in [0.25, 0.3) is 33.1 Å². The second kappa shape index (κ2) is 6.56. The maximum absolute atomic E-state index is 4.94. The fourth-order valence-corrected chi connectivity index (χ4v) is 3.39. The Morgan fingerprint density at radius 3 is 2.60 bits per heavy atom. The van der Waals surface area contributed by atoms with Gasteiger partial charge in [0.15, 0.2) is 0 Å². The molecule has 4 rings (SSSR count). The molecule has 0 N–H and O–H groups in total. The van der Waals surface area contributed by atoms with Crippen molar-refractivity contribution < 1.29 is 0 Å². The zero-order chi connectivity index (χ0) is 17.2. The van der Waals surface area contributed by atoms with E-state index in [-0.39, 0.29) is 0 Å². The molecule has 124 valence electrons. The van der Waals surface area contributed by atoms with Crippen molar-refractivity contribution in [2.45, 2.75) is 26.7 Å². The van der Waals surface area contributed by atoms with Crippen molar-refractivity contribution in [2.24, 2.45) is 0 Å². The quantitative estimate of drug-likeness (QED) is 0.425. The molecule has 3 aromatic carbocycles. The Labute approximate surface area is 148 Å². The Kier molecular flexibility index (Phi) is 4.10. The van der Waals surface area contributed by atoms with Gasteiger partial charge in [-0.1, -0.05) is 68.0 Å². The first-order valence-electron chi connectivity index (χ1n) is 8.92. The summed E-state index contributed by atoms with van der Waals surface area (Å²) in [7, 11) is 0. The number of benzene rings is 3. The lowest BCUT2D eigenvalue weighted by Crippen LogP contribution is -2.00. The topological polar surface area (TPSA) is 17.8 Å². The van der Waals surface area contributed by atoms with E-state index in [0.29, 0.717) is 0 Å². The summed E-state index contributed by atoms with van der Waals surface area (Å²) in [6, 6.07) is 23.4. The highest BCUT2D eigenvalue weighted by Crippen LogP contribution is 2.30. The van der Waals surface area contributed by atoms with Crippen LogP contribution in [-0.2, 0) is 0 Å². The minimum atomic E-state index is 1.03. The van der Waals surface area contributed by atoms with E-state index in [0.717, 1.165) is 29.7 Å². The van der Waals surface area contributed by atoms with Crippen LogP contribution >= 0.6 is 0 Å². The SMILES string of the molecule is CCC/C=C(\C)c1nc2ccccc2n1-c1cccc2ccccc12. The average molecular weight is 326 g/mol. The molecule has 0 fully saturated rings. The smallest absolute Gasteiger partial charge is 0.141 e. The molecule has 0 aliphatic rings. The molecule has 25 heavy (non-hydrogen) atoms. The van der Waals surface area contributed by atoms with Crippen LogP contribution in [0.2, 0.25) is 0 Å². The van der Waals surface area contributed by atoms with Crippen LogP contribution in [0.1, 0.15) is 32.5 Å². The van der Waals surface area contributed by atoms with Crippen LogP contribution in [0.15, 0.2) is 72.8 Å². The molecule has 2 heteroatoms. The Morgan fingerprint density at radius 1 is 0.960 bits per heavy atom. The van der Waals surface area contributed by atoms with Crippen LogP contribution in [-0.4, -0.2) is 9.55 Å². The van der Waals surface area contributed by atoms with Gasteiger partial charge < -0.3 is 0 Å². The predicted molar refractivity (Wildman–Crippen MR) is 107 cm³/mol. The van der Waals surface area contributed by atoms with Gasteiger partial charge in [-0.2, -0.15) is 0 Å². The lowest BCUT2D eigenvalue weighted by Gasteiger charge is -2.13. The molecule has 0 bridgehead atoms. The summed E-state index contributed by atoms with van der Waals surface area (Å²) in [4.78, 5) is 4.94. The van der Waals surface area contributed by atoms with Crippen LogP contribution in [0.3, 0.4) is 0 Å². The number of aromatic nitrogens is 2. The zero-order valence-corrected chi connectivity index (χ0v) is 14.7. The summed E-state index contributed by atoms with van der Waals surface area (Å²) in [5, 5.41) is 2.50. The molecular formula is C23H22N2. The van der Waals surface area contributed by atoms with E-state index in [1.807, 2.05) is 0 Å². The normalized spacial score (nSPS) is 12.2. The van der Waals surface area contributed by atoms with Gasteiger partial charge in [0.05, 0.1) is 16.7 Å². The number of hydrogen-bond acceptors (Lipinski definition) is 1. The molecule has 1 heterocycles. The van der Waals surface area contributed by atoms with E-state index in [9.17, 15) is 0 Å². The van der Waals surface area contributed by atoms with Gasteiger partial charge in [-0.15, -0.1) is 0 Å². The highest BCUT2D eigenvalue weighted by molar-refractivity contribution is 5.93. The highest BCUT2D eigenvalue weighted by Gasteiger charge is 2.15. The maximum atomic E-state index is 4.94. The molecule has 1 aromatic heterocycles. The molecule has 0 aliphatic carbocycles. The van der Waals surface area contributed by atoms with Crippen molar-refractivity contribution in [1.29, 1.82) is 0 Å². The summed E-state index contributed by atoms with van der Waals surface area (Å²) < 4.78 is 2.30. The molecule has 4 aromatic rings. The summed E-state index contributed by atoms with van der Waals surface area (Å²) in [5.41, 5.74) is 4.60. The van der Waals surface area contributed by atoms with Crippen molar-refractivity contribution in [2.75, 3.05) is 0 Å².